The monoisotopic (exact) mass is 226 g/mol. The Morgan fingerprint density at radius 1 is 1.25 bits per heavy atom. The lowest BCUT2D eigenvalue weighted by atomic mass is 10.1. The summed E-state index contributed by atoms with van der Waals surface area (Å²) in [5.41, 5.74) is 6.34. The van der Waals surface area contributed by atoms with Crippen molar-refractivity contribution >= 4 is 5.71 Å². The maximum absolute atomic E-state index is 12.5. The van der Waals surface area contributed by atoms with Crippen molar-refractivity contribution in [3.8, 4) is 0 Å². The highest BCUT2D eigenvalue weighted by atomic mass is 19.4. The van der Waals surface area contributed by atoms with Gasteiger partial charge in [0, 0.05) is 11.3 Å². The molecule has 0 spiro atoms. The fourth-order valence-electron chi connectivity index (χ4n) is 1.47. The Bertz CT molecular complexity index is 472. The number of rotatable bonds is 1. The Morgan fingerprint density at radius 2 is 2.00 bits per heavy atom. The summed E-state index contributed by atoms with van der Waals surface area (Å²) in [6.45, 7) is 0.353. The van der Waals surface area contributed by atoms with E-state index in [1.807, 2.05) is 0 Å². The number of hydrogen-bond donors (Lipinski definition) is 1. The van der Waals surface area contributed by atoms with Crippen LogP contribution in [0.1, 0.15) is 11.1 Å². The number of alkyl halides is 3. The van der Waals surface area contributed by atoms with Gasteiger partial charge in [0.25, 0.3) is 0 Å². The summed E-state index contributed by atoms with van der Waals surface area (Å²) in [5.74, 6) is 0. The van der Waals surface area contributed by atoms with E-state index in [0.717, 1.165) is 12.1 Å². The molecule has 0 aliphatic carbocycles. The first-order chi connectivity index (χ1) is 7.47. The number of aliphatic imine (C=N–C) groups is 1. The van der Waals surface area contributed by atoms with Crippen LogP contribution in [-0.2, 0) is 6.18 Å². The summed E-state index contributed by atoms with van der Waals surface area (Å²) in [6, 6.07) is 5.06. The average Bonchev–Trinajstić information content (AvgIpc) is 2.64. The zero-order valence-corrected chi connectivity index (χ0v) is 8.25. The van der Waals surface area contributed by atoms with Crippen LogP contribution in [0.25, 0.3) is 0 Å². The van der Waals surface area contributed by atoms with Crippen molar-refractivity contribution in [1.82, 2.24) is 0 Å². The third-order valence-corrected chi connectivity index (χ3v) is 2.24. The van der Waals surface area contributed by atoms with Gasteiger partial charge in [-0.25, -0.2) is 0 Å². The molecule has 0 amide bonds. The van der Waals surface area contributed by atoms with Crippen LogP contribution in [0, 0.1) is 0 Å². The van der Waals surface area contributed by atoms with Gasteiger partial charge in [0.2, 0.25) is 0 Å². The van der Waals surface area contributed by atoms with Crippen LogP contribution >= 0.6 is 0 Å². The van der Waals surface area contributed by atoms with E-state index < -0.39 is 11.7 Å². The summed E-state index contributed by atoms with van der Waals surface area (Å²) in [5, 5.41) is 0. The van der Waals surface area contributed by atoms with E-state index in [-0.39, 0.29) is 0 Å². The van der Waals surface area contributed by atoms with Gasteiger partial charge >= 0.3 is 6.18 Å². The van der Waals surface area contributed by atoms with E-state index in [1.54, 1.807) is 12.1 Å². The topological polar surface area (TPSA) is 38.4 Å². The van der Waals surface area contributed by atoms with Crippen molar-refractivity contribution in [2.75, 3.05) is 6.54 Å². The summed E-state index contributed by atoms with van der Waals surface area (Å²) in [7, 11) is 0. The standard InChI is InChI=1S/C11H9F3N2/c12-11(13,14)8-3-1-2-7(4-8)10-5-9(15)6-16-10/h1-5H,6,15H2. The van der Waals surface area contributed by atoms with Gasteiger partial charge in [-0.3, -0.25) is 4.99 Å². The predicted molar refractivity (Wildman–Crippen MR) is 55.1 cm³/mol. The first-order valence-electron chi connectivity index (χ1n) is 4.65. The van der Waals surface area contributed by atoms with E-state index in [0.29, 0.717) is 23.5 Å². The average molecular weight is 226 g/mol. The summed E-state index contributed by atoms with van der Waals surface area (Å²) in [4.78, 5) is 4.04. The molecule has 0 fully saturated rings. The lowest BCUT2D eigenvalue weighted by molar-refractivity contribution is -0.137. The molecule has 0 unspecified atom stereocenters. The highest BCUT2D eigenvalue weighted by Gasteiger charge is 2.30. The zero-order valence-electron chi connectivity index (χ0n) is 8.25. The second kappa shape index (κ2) is 3.66. The number of nitrogens with two attached hydrogens (primary N) is 1. The molecular weight excluding hydrogens is 217 g/mol. The molecule has 0 atom stereocenters. The fourth-order valence-corrected chi connectivity index (χ4v) is 1.47. The van der Waals surface area contributed by atoms with Crippen molar-refractivity contribution in [3.05, 3.63) is 47.2 Å². The molecule has 2 N–H and O–H groups in total. The van der Waals surface area contributed by atoms with Crippen molar-refractivity contribution in [3.63, 3.8) is 0 Å². The second-order valence-corrected chi connectivity index (χ2v) is 3.50. The minimum Gasteiger partial charge on any atom is -0.400 e. The molecule has 5 heteroatoms. The maximum atomic E-state index is 12.5. The predicted octanol–water partition coefficient (Wildman–Crippen LogP) is 2.35. The highest BCUT2D eigenvalue weighted by Crippen LogP contribution is 2.29. The number of benzene rings is 1. The molecule has 1 aromatic rings. The van der Waals surface area contributed by atoms with Crippen molar-refractivity contribution in [2.24, 2.45) is 10.7 Å². The lowest BCUT2D eigenvalue weighted by Crippen LogP contribution is -2.06. The third-order valence-electron chi connectivity index (χ3n) is 2.24. The van der Waals surface area contributed by atoms with Crippen LogP contribution in [0.3, 0.4) is 0 Å². The molecule has 1 heterocycles. The number of nitrogens with zero attached hydrogens (tertiary/aromatic N) is 1. The molecule has 0 aromatic heterocycles. The van der Waals surface area contributed by atoms with Crippen molar-refractivity contribution in [1.29, 1.82) is 0 Å². The van der Waals surface area contributed by atoms with Gasteiger partial charge in [-0.2, -0.15) is 13.2 Å². The minimum atomic E-state index is -4.33. The minimum absolute atomic E-state index is 0.353. The van der Waals surface area contributed by atoms with Crippen LogP contribution in [0.4, 0.5) is 13.2 Å². The summed E-state index contributed by atoms with van der Waals surface area (Å²) >= 11 is 0. The Kier molecular flexibility index (Phi) is 2.46. The number of hydrogen-bond acceptors (Lipinski definition) is 2. The maximum Gasteiger partial charge on any atom is 0.416 e. The first-order valence-corrected chi connectivity index (χ1v) is 4.65. The van der Waals surface area contributed by atoms with Crippen LogP contribution in [0.5, 0.6) is 0 Å². The molecule has 1 aliphatic rings. The molecule has 0 bridgehead atoms. The zero-order chi connectivity index (χ0) is 11.8. The Balaban J connectivity index is 2.37. The largest absolute Gasteiger partial charge is 0.416 e. The summed E-state index contributed by atoms with van der Waals surface area (Å²) < 4.78 is 37.4. The van der Waals surface area contributed by atoms with Gasteiger partial charge in [0.05, 0.1) is 17.8 Å². The summed E-state index contributed by atoms with van der Waals surface area (Å²) in [6.07, 6.45) is -2.74. The lowest BCUT2D eigenvalue weighted by Gasteiger charge is -2.07. The van der Waals surface area contributed by atoms with Crippen LogP contribution < -0.4 is 5.73 Å². The van der Waals surface area contributed by atoms with Gasteiger partial charge in [-0.1, -0.05) is 12.1 Å². The Morgan fingerprint density at radius 3 is 2.56 bits per heavy atom. The van der Waals surface area contributed by atoms with E-state index in [9.17, 15) is 13.2 Å². The van der Waals surface area contributed by atoms with Gasteiger partial charge in [0.15, 0.2) is 0 Å². The molecule has 84 valence electrons. The van der Waals surface area contributed by atoms with Gasteiger partial charge in [-0.15, -0.1) is 0 Å². The molecule has 0 saturated carbocycles. The van der Waals surface area contributed by atoms with E-state index in [1.165, 1.54) is 6.07 Å². The highest BCUT2D eigenvalue weighted by molar-refractivity contribution is 6.10. The normalized spacial score (nSPS) is 15.9. The van der Waals surface area contributed by atoms with Gasteiger partial charge in [0.1, 0.15) is 0 Å². The van der Waals surface area contributed by atoms with E-state index >= 15 is 0 Å². The van der Waals surface area contributed by atoms with E-state index in [2.05, 4.69) is 4.99 Å². The fraction of sp³-hybridized carbons (Fsp3) is 0.182. The van der Waals surface area contributed by atoms with Crippen molar-refractivity contribution < 1.29 is 13.2 Å². The molecule has 1 aromatic carbocycles. The molecule has 0 saturated heterocycles. The molecule has 2 rings (SSSR count). The quantitative estimate of drug-likeness (QED) is 0.784. The smallest absolute Gasteiger partial charge is 0.400 e. The number of halogens is 3. The van der Waals surface area contributed by atoms with Crippen LogP contribution in [-0.4, -0.2) is 12.3 Å². The second-order valence-electron chi connectivity index (χ2n) is 3.50. The Hall–Kier alpha value is -1.78. The molecule has 1 aliphatic heterocycles. The molecule has 16 heavy (non-hydrogen) atoms. The molecular formula is C11H9F3N2. The van der Waals surface area contributed by atoms with Crippen LogP contribution in [0.15, 0.2) is 41.0 Å². The third kappa shape index (κ3) is 2.08. The van der Waals surface area contributed by atoms with Gasteiger partial charge < -0.3 is 5.73 Å². The van der Waals surface area contributed by atoms with Crippen molar-refractivity contribution in [2.45, 2.75) is 6.18 Å². The van der Waals surface area contributed by atoms with E-state index in [4.69, 9.17) is 5.73 Å². The first kappa shape index (κ1) is 10.7. The van der Waals surface area contributed by atoms with Gasteiger partial charge in [-0.05, 0) is 18.2 Å². The molecule has 0 radical (unpaired) electrons. The van der Waals surface area contributed by atoms with Crippen LogP contribution in [0.2, 0.25) is 0 Å². The Labute approximate surface area is 90.3 Å². The molecule has 2 nitrogen and oxygen atoms in total. The SMILES string of the molecule is NC1=CC(c2cccc(C(F)(F)F)c2)=NC1. The number of allylic oxidation sites excluding steroid dienone is 1.